The quantitative estimate of drug-likeness (QED) is 0.776. The molecular formula is C17H20N2. The van der Waals surface area contributed by atoms with E-state index in [-0.39, 0.29) is 0 Å². The van der Waals surface area contributed by atoms with Crippen LogP contribution in [0, 0.1) is 0 Å². The molecule has 2 aromatic rings. The van der Waals surface area contributed by atoms with Gasteiger partial charge in [0, 0.05) is 19.6 Å². The van der Waals surface area contributed by atoms with E-state index in [0.29, 0.717) is 6.54 Å². The van der Waals surface area contributed by atoms with Crippen LogP contribution in [-0.2, 0) is 0 Å². The van der Waals surface area contributed by atoms with E-state index in [0.717, 1.165) is 13.1 Å². The Kier molecular flexibility index (Phi) is 5.35. The molecule has 2 rings (SSSR count). The van der Waals surface area contributed by atoms with Crippen molar-refractivity contribution in [3.63, 3.8) is 0 Å². The standard InChI is InChI=1S/C17H20N2/c18-12-14-19-13-11-17(15-7-3-1-4-8-15)16-9-5-2-6-10-16/h1-11,19H,12-14,18H2. The SMILES string of the molecule is NCCNCC=C(c1ccccc1)c1ccccc1. The topological polar surface area (TPSA) is 38.0 Å². The van der Waals surface area contributed by atoms with Crippen molar-refractivity contribution in [2.24, 2.45) is 5.73 Å². The summed E-state index contributed by atoms with van der Waals surface area (Å²) in [6, 6.07) is 20.9. The Morgan fingerprint density at radius 2 is 1.42 bits per heavy atom. The molecule has 0 atom stereocenters. The van der Waals surface area contributed by atoms with E-state index in [1.807, 2.05) is 12.1 Å². The van der Waals surface area contributed by atoms with Gasteiger partial charge in [-0.15, -0.1) is 0 Å². The number of benzene rings is 2. The van der Waals surface area contributed by atoms with E-state index in [4.69, 9.17) is 5.73 Å². The van der Waals surface area contributed by atoms with Crippen LogP contribution in [0.4, 0.5) is 0 Å². The zero-order valence-electron chi connectivity index (χ0n) is 11.0. The molecule has 0 radical (unpaired) electrons. The maximum Gasteiger partial charge on any atom is 0.0144 e. The van der Waals surface area contributed by atoms with Gasteiger partial charge in [0.1, 0.15) is 0 Å². The highest BCUT2D eigenvalue weighted by Crippen LogP contribution is 2.22. The highest BCUT2D eigenvalue weighted by Gasteiger charge is 2.03. The Bertz CT molecular complexity index is 462. The van der Waals surface area contributed by atoms with Crippen LogP contribution in [0.3, 0.4) is 0 Å². The van der Waals surface area contributed by atoms with Crippen LogP contribution in [0.25, 0.3) is 5.57 Å². The molecule has 0 saturated heterocycles. The predicted molar refractivity (Wildman–Crippen MR) is 81.9 cm³/mol. The van der Waals surface area contributed by atoms with E-state index in [2.05, 4.69) is 59.9 Å². The highest BCUT2D eigenvalue weighted by molar-refractivity contribution is 5.79. The molecule has 0 aliphatic heterocycles. The minimum atomic E-state index is 0.667. The lowest BCUT2D eigenvalue weighted by molar-refractivity contribution is 0.754. The van der Waals surface area contributed by atoms with Gasteiger partial charge in [-0.3, -0.25) is 0 Å². The molecule has 2 aromatic carbocycles. The van der Waals surface area contributed by atoms with E-state index in [9.17, 15) is 0 Å². The van der Waals surface area contributed by atoms with Gasteiger partial charge in [-0.05, 0) is 16.7 Å². The fourth-order valence-corrected chi connectivity index (χ4v) is 2.02. The molecule has 98 valence electrons. The summed E-state index contributed by atoms with van der Waals surface area (Å²) in [4.78, 5) is 0. The third kappa shape index (κ3) is 4.05. The lowest BCUT2D eigenvalue weighted by Gasteiger charge is -2.09. The van der Waals surface area contributed by atoms with Crippen LogP contribution in [0.5, 0.6) is 0 Å². The third-order valence-corrected chi connectivity index (χ3v) is 2.94. The van der Waals surface area contributed by atoms with Gasteiger partial charge in [-0.2, -0.15) is 0 Å². The van der Waals surface area contributed by atoms with Gasteiger partial charge >= 0.3 is 0 Å². The summed E-state index contributed by atoms with van der Waals surface area (Å²) in [5, 5.41) is 3.30. The maximum atomic E-state index is 5.48. The lowest BCUT2D eigenvalue weighted by atomic mass is 9.98. The lowest BCUT2D eigenvalue weighted by Crippen LogP contribution is -2.22. The molecular weight excluding hydrogens is 232 g/mol. The van der Waals surface area contributed by atoms with Crippen molar-refractivity contribution in [3.05, 3.63) is 77.9 Å². The fraction of sp³-hybridized carbons (Fsp3) is 0.176. The van der Waals surface area contributed by atoms with Gasteiger partial charge < -0.3 is 11.1 Å². The highest BCUT2D eigenvalue weighted by atomic mass is 14.9. The van der Waals surface area contributed by atoms with Gasteiger partial charge in [0.05, 0.1) is 0 Å². The second-order valence-corrected chi connectivity index (χ2v) is 4.34. The Morgan fingerprint density at radius 1 is 0.895 bits per heavy atom. The Hall–Kier alpha value is -1.90. The molecule has 0 aromatic heterocycles. The van der Waals surface area contributed by atoms with Crippen molar-refractivity contribution in [2.75, 3.05) is 19.6 Å². The summed E-state index contributed by atoms with van der Waals surface area (Å²) in [5.41, 5.74) is 9.22. The molecule has 0 saturated carbocycles. The van der Waals surface area contributed by atoms with Gasteiger partial charge in [-0.25, -0.2) is 0 Å². The molecule has 0 amide bonds. The van der Waals surface area contributed by atoms with Gasteiger partial charge in [0.2, 0.25) is 0 Å². The van der Waals surface area contributed by atoms with E-state index < -0.39 is 0 Å². The molecule has 19 heavy (non-hydrogen) atoms. The van der Waals surface area contributed by atoms with Crippen LogP contribution in [0.1, 0.15) is 11.1 Å². The summed E-state index contributed by atoms with van der Waals surface area (Å²) in [6.45, 7) is 2.34. The molecule has 0 aliphatic rings. The maximum absolute atomic E-state index is 5.48. The first kappa shape index (κ1) is 13.5. The number of hydrogen-bond acceptors (Lipinski definition) is 2. The van der Waals surface area contributed by atoms with Crippen molar-refractivity contribution in [1.82, 2.24) is 5.32 Å². The van der Waals surface area contributed by atoms with Gasteiger partial charge in [0.15, 0.2) is 0 Å². The monoisotopic (exact) mass is 252 g/mol. The molecule has 0 bridgehead atoms. The first-order chi connectivity index (χ1) is 9.42. The largest absolute Gasteiger partial charge is 0.329 e. The third-order valence-electron chi connectivity index (χ3n) is 2.94. The minimum absolute atomic E-state index is 0.667. The normalized spacial score (nSPS) is 10.2. The Labute approximate surface area is 115 Å². The Balaban J connectivity index is 2.24. The fourth-order valence-electron chi connectivity index (χ4n) is 2.02. The molecule has 0 spiro atoms. The molecule has 0 heterocycles. The summed E-state index contributed by atoms with van der Waals surface area (Å²) in [7, 11) is 0. The van der Waals surface area contributed by atoms with Gasteiger partial charge in [-0.1, -0.05) is 66.7 Å². The van der Waals surface area contributed by atoms with Crippen molar-refractivity contribution in [2.45, 2.75) is 0 Å². The van der Waals surface area contributed by atoms with Gasteiger partial charge in [0.25, 0.3) is 0 Å². The van der Waals surface area contributed by atoms with Crippen molar-refractivity contribution >= 4 is 5.57 Å². The Morgan fingerprint density at radius 3 is 1.89 bits per heavy atom. The number of hydrogen-bond donors (Lipinski definition) is 2. The van der Waals surface area contributed by atoms with Crippen LogP contribution in [0.2, 0.25) is 0 Å². The summed E-state index contributed by atoms with van der Waals surface area (Å²) >= 11 is 0. The first-order valence-electron chi connectivity index (χ1n) is 6.63. The summed E-state index contributed by atoms with van der Waals surface area (Å²) in [5.74, 6) is 0. The van der Waals surface area contributed by atoms with Crippen LogP contribution in [-0.4, -0.2) is 19.6 Å². The molecule has 0 fully saturated rings. The number of nitrogens with one attached hydrogen (secondary N) is 1. The van der Waals surface area contributed by atoms with E-state index in [1.165, 1.54) is 16.7 Å². The van der Waals surface area contributed by atoms with Crippen molar-refractivity contribution in [1.29, 1.82) is 0 Å². The summed E-state index contributed by atoms with van der Waals surface area (Å²) in [6.07, 6.45) is 2.22. The molecule has 2 heteroatoms. The van der Waals surface area contributed by atoms with Crippen LogP contribution in [0.15, 0.2) is 66.7 Å². The predicted octanol–water partition coefficient (Wildman–Crippen LogP) is 2.67. The molecule has 0 aliphatic carbocycles. The first-order valence-corrected chi connectivity index (χ1v) is 6.63. The smallest absolute Gasteiger partial charge is 0.0144 e. The average molecular weight is 252 g/mol. The van der Waals surface area contributed by atoms with Crippen molar-refractivity contribution < 1.29 is 0 Å². The second kappa shape index (κ2) is 7.52. The van der Waals surface area contributed by atoms with Crippen molar-refractivity contribution in [3.8, 4) is 0 Å². The van der Waals surface area contributed by atoms with E-state index in [1.54, 1.807) is 0 Å². The molecule has 0 unspecified atom stereocenters. The zero-order chi connectivity index (χ0) is 13.3. The van der Waals surface area contributed by atoms with Crippen LogP contribution >= 0.6 is 0 Å². The molecule has 3 N–H and O–H groups in total. The zero-order valence-corrected chi connectivity index (χ0v) is 11.0. The second-order valence-electron chi connectivity index (χ2n) is 4.34. The number of nitrogens with two attached hydrogens (primary N) is 1. The number of rotatable bonds is 6. The van der Waals surface area contributed by atoms with E-state index >= 15 is 0 Å². The van der Waals surface area contributed by atoms with Crippen LogP contribution < -0.4 is 11.1 Å². The molecule has 2 nitrogen and oxygen atoms in total. The minimum Gasteiger partial charge on any atom is -0.329 e. The summed E-state index contributed by atoms with van der Waals surface area (Å²) < 4.78 is 0. The average Bonchev–Trinajstić information content (AvgIpc) is 2.49.